The zero-order valence-electron chi connectivity index (χ0n) is 18.7. The molecule has 0 saturated carbocycles. The summed E-state index contributed by atoms with van der Waals surface area (Å²) in [5.74, 6) is -0.935. The second-order valence-electron chi connectivity index (χ2n) is 8.35. The van der Waals surface area contributed by atoms with Crippen molar-refractivity contribution in [3.63, 3.8) is 0 Å². The van der Waals surface area contributed by atoms with Crippen molar-refractivity contribution < 1.29 is 9.59 Å². The fourth-order valence-electron chi connectivity index (χ4n) is 4.48. The molecule has 1 N–H and O–H groups in total. The number of nitrogens with zero attached hydrogens (tertiary/aromatic N) is 3. The molecule has 2 aromatic carbocycles. The molecule has 1 saturated heterocycles. The van der Waals surface area contributed by atoms with Gasteiger partial charge in [0, 0.05) is 43.5 Å². The van der Waals surface area contributed by atoms with Crippen molar-refractivity contribution in [2.24, 2.45) is 0 Å². The van der Waals surface area contributed by atoms with Crippen molar-refractivity contribution in [3.05, 3.63) is 98.8 Å². The number of carbonyl (C=O) groups is 2. The highest BCUT2D eigenvalue weighted by Crippen LogP contribution is 2.41. The molecule has 0 unspecified atom stereocenters. The van der Waals surface area contributed by atoms with Crippen molar-refractivity contribution in [2.75, 3.05) is 20.1 Å². The van der Waals surface area contributed by atoms with Gasteiger partial charge in [-0.15, -0.1) is 0 Å². The van der Waals surface area contributed by atoms with E-state index in [9.17, 15) is 9.59 Å². The molecule has 4 rings (SSSR count). The summed E-state index contributed by atoms with van der Waals surface area (Å²) in [6.45, 7) is 2.55. The zero-order chi connectivity index (χ0) is 24.5. The van der Waals surface area contributed by atoms with Gasteiger partial charge in [-0.3, -0.25) is 14.6 Å². The van der Waals surface area contributed by atoms with Crippen LogP contribution < -0.4 is 5.32 Å². The summed E-state index contributed by atoms with van der Waals surface area (Å²) in [4.78, 5) is 33.5. The minimum atomic E-state index is -1.24. The van der Waals surface area contributed by atoms with Crippen molar-refractivity contribution in [1.29, 1.82) is 5.26 Å². The molecular weight excluding hydrogens is 471 g/mol. The van der Waals surface area contributed by atoms with Gasteiger partial charge in [-0.2, -0.15) is 5.26 Å². The highest BCUT2D eigenvalue weighted by Gasteiger charge is 2.54. The highest BCUT2D eigenvalue weighted by molar-refractivity contribution is 6.42. The maximum absolute atomic E-state index is 14.1. The molecular formula is C26H22Cl2N4O2. The Kier molecular flexibility index (Phi) is 6.72. The molecule has 3 aromatic rings. The van der Waals surface area contributed by atoms with Gasteiger partial charge < -0.3 is 10.2 Å². The van der Waals surface area contributed by atoms with Gasteiger partial charge in [0.05, 0.1) is 27.2 Å². The SMILES string of the molecule is Cc1ccc(C(=O)N(C)[C@]2(C(=O)c3ccc(C#N)cc3)CNC[C@H]2c2ccc(Cl)c(Cl)c2)cn1. The number of aromatic nitrogens is 1. The molecule has 172 valence electrons. The van der Waals surface area contributed by atoms with E-state index in [-0.39, 0.29) is 18.2 Å². The Morgan fingerprint density at radius 2 is 1.79 bits per heavy atom. The minimum absolute atomic E-state index is 0.228. The van der Waals surface area contributed by atoms with Crippen LogP contribution in [0, 0.1) is 18.3 Å². The van der Waals surface area contributed by atoms with Crippen molar-refractivity contribution in [2.45, 2.75) is 18.4 Å². The number of hydrogen-bond acceptors (Lipinski definition) is 5. The maximum Gasteiger partial charge on any atom is 0.256 e. The van der Waals surface area contributed by atoms with Crippen LogP contribution in [0.15, 0.2) is 60.8 Å². The average Bonchev–Trinajstić information content (AvgIpc) is 3.31. The van der Waals surface area contributed by atoms with Gasteiger partial charge in [0.25, 0.3) is 5.91 Å². The summed E-state index contributed by atoms with van der Waals surface area (Å²) in [7, 11) is 1.64. The van der Waals surface area contributed by atoms with E-state index in [2.05, 4.69) is 16.4 Å². The zero-order valence-corrected chi connectivity index (χ0v) is 20.2. The van der Waals surface area contributed by atoms with Crippen LogP contribution in [0.25, 0.3) is 0 Å². The number of nitrogens with one attached hydrogen (secondary N) is 1. The van der Waals surface area contributed by atoms with E-state index >= 15 is 0 Å². The van der Waals surface area contributed by atoms with Gasteiger partial charge in [0.15, 0.2) is 5.78 Å². The average molecular weight is 493 g/mol. The summed E-state index contributed by atoms with van der Waals surface area (Å²) in [5, 5.41) is 13.2. The lowest BCUT2D eigenvalue weighted by Crippen LogP contribution is -2.59. The Balaban J connectivity index is 1.84. The molecule has 1 fully saturated rings. The molecule has 0 bridgehead atoms. The van der Waals surface area contributed by atoms with E-state index in [4.69, 9.17) is 28.5 Å². The van der Waals surface area contributed by atoms with E-state index < -0.39 is 11.5 Å². The lowest BCUT2D eigenvalue weighted by atomic mass is 9.75. The summed E-state index contributed by atoms with van der Waals surface area (Å²) in [6.07, 6.45) is 1.52. The molecule has 1 aliphatic rings. The summed E-state index contributed by atoms with van der Waals surface area (Å²) in [5.41, 5.74) is 1.59. The van der Waals surface area contributed by atoms with Crippen LogP contribution in [0.2, 0.25) is 10.0 Å². The van der Waals surface area contributed by atoms with Crippen LogP contribution in [0.4, 0.5) is 0 Å². The number of carbonyl (C=O) groups excluding carboxylic acids is 2. The number of aryl methyl sites for hydroxylation is 1. The molecule has 1 aliphatic heterocycles. The van der Waals surface area contributed by atoms with Gasteiger partial charge in [-0.25, -0.2) is 0 Å². The molecule has 1 amide bonds. The van der Waals surface area contributed by atoms with Gasteiger partial charge in [0.1, 0.15) is 5.54 Å². The number of hydrogen-bond donors (Lipinski definition) is 1. The summed E-state index contributed by atoms with van der Waals surface area (Å²) in [6, 6.07) is 17.3. The first-order valence-electron chi connectivity index (χ1n) is 10.7. The number of ketones is 1. The number of likely N-dealkylation sites (N-methyl/N-ethyl adjacent to an activating group) is 1. The number of amides is 1. The van der Waals surface area contributed by atoms with Crippen LogP contribution in [0.5, 0.6) is 0 Å². The number of Topliss-reactive ketones (excluding diaryl/α,β-unsaturated/α-hetero) is 1. The summed E-state index contributed by atoms with van der Waals surface area (Å²) >= 11 is 12.5. The standard InChI is InChI=1S/C26H22Cl2N4O2/c1-16-3-6-20(13-31-16)25(34)32(2)26(24(33)18-7-4-17(12-29)5-8-18)15-30-14-21(26)19-9-10-22(27)23(28)11-19/h3-11,13,21,30H,14-15H2,1-2H3/t21-,26+/m0/s1. The van der Waals surface area contributed by atoms with Crippen molar-refractivity contribution in [3.8, 4) is 6.07 Å². The maximum atomic E-state index is 14.1. The third-order valence-electron chi connectivity index (χ3n) is 6.40. The second-order valence-corrected chi connectivity index (χ2v) is 9.17. The fraction of sp³-hybridized carbons (Fsp3) is 0.231. The number of pyridine rings is 1. The fourth-order valence-corrected chi connectivity index (χ4v) is 4.79. The quantitative estimate of drug-likeness (QED) is 0.523. The molecule has 2 atom stereocenters. The van der Waals surface area contributed by atoms with E-state index in [0.29, 0.717) is 33.3 Å². The Hall–Kier alpha value is -3.24. The smallest absolute Gasteiger partial charge is 0.256 e. The molecule has 34 heavy (non-hydrogen) atoms. The molecule has 0 aliphatic carbocycles. The van der Waals surface area contributed by atoms with Gasteiger partial charge in [0.2, 0.25) is 0 Å². The number of nitriles is 1. The monoisotopic (exact) mass is 492 g/mol. The van der Waals surface area contributed by atoms with Gasteiger partial charge in [-0.05, 0) is 48.9 Å². The van der Waals surface area contributed by atoms with Crippen molar-refractivity contribution >= 4 is 34.9 Å². The third-order valence-corrected chi connectivity index (χ3v) is 7.14. The van der Waals surface area contributed by atoms with E-state index in [0.717, 1.165) is 11.3 Å². The molecule has 8 heteroatoms. The predicted octanol–water partition coefficient (Wildman–Crippen LogP) is 4.65. The van der Waals surface area contributed by atoms with E-state index in [1.165, 1.54) is 11.1 Å². The normalized spacial score (nSPS) is 19.4. The van der Waals surface area contributed by atoms with E-state index in [1.54, 1.807) is 55.6 Å². The highest BCUT2D eigenvalue weighted by atomic mass is 35.5. The molecule has 0 spiro atoms. The van der Waals surface area contributed by atoms with Gasteiger partial charge >= 0.3 is 0 Å². The largest absolute Gasteiger partial charge is 0.327 e. The number of halogens is 2. The first kappa shape index (κ1) is 23.9. The van der Waals surface area contributed by atoms with Crippen LogP contribution in [-0.2, 0) is 0 Å². The first-order chi connectivity index (χ1) is 16.3. The molecule has 6 nitrogen and oxygen atoms in total. The number of benzene rings is 2. The van der Waals surface area contributed by atoms with Crippen LogP contribution in [0.3, 0.4) is 0 Å². The van der Waals surface area contributed by atoms with Crippen LogP contribution in [0.1, 0.15) is 43.5 Å². The molecule has 0 radical (unpaired) electrons. The van der Waals surface area contributed by atoms with E-state index in [1.807, 2.05) is 13.0 Å². The topological polar surface area (TPSA) is 86.1 Å². The van der Waals surface area contributed by atoms with Crippen LogP contribution >= 0.6 is 23.2 Å². The number of rotatable bonds is 5. The second kappa shape index (κ2) is 9.55. The Morgan fingerprint density at radius 1 is 1.09 bits per heavy atom. The molecule has 1 aromatic heterocycles. The lowest BCUT2D eigenvalue weighted by Gasteiger charge is -2.41. The third kappa shape index (κ3) is 4.19. The summed E-state index contributed by atoms with van der Waals surface area (Å²) < 4.78 is 0. The predicted molar refractivity (Wildman–Crippen MR) is 131 cm³/mol. The minimum Gasteiger partial charge on any atom is -0.327 e. The van der Waals surface area contributed by atoms with Gasteiger partial charge in [-0.1, -0.05) is 41.4 Å². The Morgan fingerprint density at radius 3 is 2.41 bits per heavy atom. The Bertz CT molecular complexity index is 1290. The lowest BCUT2D eigenvalue weighted by molar-refractivity contribution is 0.0477. The molecule has 2 heterocycles. The van der Waals surface area contributed by atoms with Crippen LogP contribution in [-0.4, -0.2) is 47.3 Å². The first-order valence-corrected chi connectivity index (χ1v) is 11.4. The Labute approximate surface area is 208 Å². The van der Waals surface area contributed by atoms with Crippen molar-refractivity contribution in [1.82, 2.24) is 15.2 Å².